The zero-order valence-corrected chi connectivity index (χ0v) is 15.6. The molecule has 0 spiro atoms. The van der Waals surface area contributed by atoms with Crippen LogP contribution >= 0.6 is 0 Å². The minimum absolute atomic E-state index is 0.228. The first-order valence-electron chi connectivity index (χ1n) is 9.67. The molecule has 1 aliphatic heterocycles. The number of nitrogens with one attached hydrogen (secondary N) is 2. The molecular formula is C20H32N3O2+. The number of carbonyl (C=O) groups is 1. The van der Waals surface area contributed by atoms with Gasteiger partial charge in [-0.1, -0.05) is 19.8 Å². The third-order valence-corrected chi connectivity index (χ3v) is 5.78. The van der Waals surface area contributed by atoms with Gasteiger partial charge < -0.3 is 19.9 Å². The molecule has 1 saturated heterocycles. The number of rotatable bonds is 5. The molecule has 5 nitrogen and oxygen atoms in total. The van der Waals surface area contributed by atoms with E-state index in [-0.39, 0.29) is 5.91 Å². The Morgan fingerprint density at radius 3 is 2.52 bits per heavy atom. The van der Waals surface area contributed by atoms with E-state index in [2.05, 4.69) is 29.3 Å². The number of piperazine rings is 1. The van der Waals surface area contributed by atoms with E-state index in [4.69, 9.17) is 4.74 Å². The largest absolute Gasteiger partial charge is 0.497 e. The van der Waals surface area contributed by atoms with Crippen molar-refractivity contribution >= 4 is 11.6 Å². The quantitative estimate of drug-likeness (QED) is 0.839. The molecule has 25 heavy (non-hydrogen) atoms. The predicted octanol–water partition coefficient (Wildman–Crippen LogP) is 1.10. The maximum atomic E-state index is 12.4. The van der Waals surface area contributed by atoms with Crippen LogP contribution < -0.4 is 19.9 Å². The number of benzene rings is 1. The first-order valence-corrected chi connectivity index (χ1v) is 9.67. The number of hydrogen-bond donors (Lipinski definition) is 2. The average Bonchev–Trinajstić information content (AvgIpc) is 2.64. The molecule has 1 aromatic carbocycles. The molecule has 5 heteroatoms. The molecule has 2 aliphatic rings. The molecule has 0 radical (unpaired) electrons. The molecule has 0 unspecified atom stereocenters. The van der Waals surface area contributed by atoms with Crippen LogP contribution in [-0.4, -0.2) is 51.8 Å². The third-order valence-electron chi connectivity index (χ3n) is 5.78. The first-order chi connectivity index (χ1) is 12.2. The number of carbonyl (C=O) groups excluding carboxylic acids is 1. The lowest BCUT2D eigenvalue weighted by molar-refractivity contribution is -0.892. The molecule has 2 N–H and O–H groups in total. The summed E-state index contributed by atoms with van der Waals surface area (Å²) in [5.41, 5.74) is 1.24. The lowest BCUT2D eigenvalue weighted by Crippen LogP contribution is -3.16. The van der Waals surface area contributed by atoms with Crippen LogP contribution in [0.15, 0.2) is 24.3 Å². The van der Waals surface area contributed by atoms with Crippen molar-refractivity contribution in [1.82, 2.24) is 5.32 Å². The standard InChI is InChI=1S/C20H31N3O2/c1-16-5-3-4-6-19(16)21-20(24)15-22-11-13-23(14-12-22)17-7-9-18(25-2)10-8-17/h7-10,16,19H,3-6,11-15H2,1-2H3,(H,21,24)/p+1/t16-,19+/m1/s1. The zero-order chi connectivity index (χ0) is 17.6. The molecule has 1 amide bonds. The van der Waals surface area contributed by atoms with Crippen molar-refractivity contribution in [2.45, 2.75) is 38.6 Å². The van der Waals surface area contributed by atoms with Crippen molar-refractivity contribution in [2.75, 3.05) is 44.7 Å². The fourth-order valence-electron chi connectivity index (χ4n) is 4.07. The normalized spacial score (nSPS) is 24.8. The lowest BCUT2D eigenvalue weighted by atomic mass is 9.86. The summed E-state index contributed by atoms with van der Waals surface area (Å²) in [5.74, 6) is 1.74. The Labute approximate surface area is 151 Å². The second-order valence-electron chi connectivity index (χ2n) is 7.55. The van der Waals surface area contributed by atoms with Gasteiger partial charge in [0.1, 0.15) is 5.75 Å². The van der Waals surface area contributed by atoms with E-state index in [1.807, 2.05) is 12.1 Å². The van der Waals surface area contributed by atoms with E-state index in [1.165, 1.54) is 29.8 Å². The minimum atomic E-state index is 0.228. The fraction of sp³-hybridized carbons (Fsp3) is 0.650. The Morgan fingerprint density at radius 2 is 1.88 bits per heavy atom. The Balaban J connectivity index is 1.43. The Kier molecular flexibility index (Phi) is 6.19. The molecule has 138 valence electrons. The highest BCUT2D eigenvalue weighted by molar-refractivity contribution is 5.77. The van der Waals surface area contributed by atoms with E-state index < -0.39 is 0 Å². The van der Waals surface area contributed by atoms with E-state index in [0.29, 0.717) is 18.5 Å². The molecule has 1 saturated carbocycles. The Bertz CT molecular complexity index is 553. The molecule has 0 aromatic heterocycles. The molecule has 1 aromatic rings. The average molecular weight is 346 g/mol. The van der Waals surface area contributed by atoms with Gasteiger partial charge >= 0.3 is 0 Å². The van der Waals surface area contributed by atoms with Crippen LogP contribution in [0, 0.1) is 5.92 Å². The molecular weight excluding hydrogens is 314 g/mol. The smallest absolute Gasteiger partial charge is 0.275 e. The zero-order valence-electron chi connectivity index (χ0n) is 15.6. The van der Waals surface area contributed by atoms with Gasteiger partial charge in [0.2, 0.25) is 0 Å². The van der Waals surface area contributed by atoms with E-state index in [1.54, 1.807) is 7.11 Å². The minimum Gasteiger partial charge on any atom is -0.497 e. The van der Waals surface area contributed by atoms with E-state index in [0.717, 1.165) is 38.3 Å². The first kappa shape index (κ1) is 18.1. The van der Waals surface area contributed by atoms with Gasteiger partial charge in [-0.2, -0.15) is 0 Å². The van der Waals surface area contributed by atoms with Gasteiger partial charge in [0.05, 0.1) is 33.3 Å². The van der Waals surface area contributed by atoms with Gasteiger partial charge in [-0.15, -0.1) is 0 Å². The number of methoxy groups -OCH3 is 1. The maximum absolute atomic E-state index is 12.4. The molecule has 2 fully saturated rings. The molecule has 0 bridgehead atoms. The van der Waals surface area contributed by atoms with Gasteiger partial charge in [-0.05, 0) is 43.0 Å². The van der Waals surface area contributed by atoms with Crippen LogP contribution in [0.25, 0.3) is 0 Å². The third kappa shape index (κ3) is 4.88. The summed E-state index contributed by atoms with van der Waals surface area (Å²) < 4.78 is 5.22. The van der Waals surface area contributed by atoms with Crippen LogP contribution in [-0.2, 0) is 4.79 Å². The number of anilines is 1. The van der Waals surface area contributed by atoms with Crippen molar-refractivity contribution in [3.63, 3.8) is 0 Å². The Morgan fingerprint density at radius 1 is 1.20 bits per heavy atom. The van der Waals surface area contributed by atoms with Crippen molar-refractivity contribution in [1.29, 1.82) is 0 Å². The van der Waals surface area contributed by atoms with E-state index >= 15 is 0 Å². The van der Waals surface area contributed by atoms with Crippen LogP contribution in [0.5, 0.6) is 5.75 Å². The molecule has 1 heterocycles. The molecule has 1 aliphatic carbocycles. The molecule has 3 rings (SSSR count). The van der Waals surface area contributed by atoms with Gasteiger partial charge in [0.25, 0.3) is 5.91 Å². The summed E-state index contributed by atoms with van der Waals surface area (Å²) in [6.07, 6.45) is 4.96. The summed E-state index contributed by atoms with van der Waals surface area (Å²) in [5, 5.41) is 3.28. The number of nitrogens with zero attached hydrogens (tertiary/aromatic N) is 1. The summed E-state index contributed by atoms with van der Waals surface area (Å²) in [6, 6.07) is 8.63. The summed E-state index contributed by atoms with van der Waals surface area (Å²) >= 11 is 0. The summed E-state index contributed by atoms with van der Waals surface area (Å²) in [7, 11) is 1.69. The highest BCUT2D eigenvalue weighted by Crippen LogP contribution is 2.23. The lowest BCUT2D eigenvalue weighted by Gasteiger charge is -2.34. The van der Waals surface area contributed by atoms with Crippen molar-refractivity contribution < 1.29 is 14.4 Å². The topological polar surface area (TPSA) is 46.0 Å². The van der Waals surface area contributed by atoms with Gasteiger partial charge in [0, 0.05) is 11.7 Å². The Hall–Kier alpha value is -1.75. The predicted molar refractivity (Wildman–Crippen MR) is 100 cm³/mol. The van der Waals surface area contributed by atoms with Crippen LogP contribution in [0.1, 0.15) is 32.6 Å². The second-order valence-corrected chi connectivity index (χ2v) is 7.55. The van der Waals surface area contributed by atoms with Gasteiger partial charge in [0.15, 0.2) is 6.54 Å². The maximum Gasteiger partial charge on any atom is 0.275 e. The van der Waals surface area contributed by atoms with E-state index in [9.17, 15) is 4.79 Å². The van der Waals surface area contributed by atoms with Crippen LogP contribution in [0.4, 0.5) is 5.69 Å². The van der Waals surface area contributed by atoms with Gasteiger partial charge in [-0.3, -0.25) is 4.79 Å². The number of amides is 1. The summed E-state index contributed by atoms with van der Waals surface area (Å²) in [6.45, 7) is 6.90. The van der Waals surface area contributed by atoms with Crippen molar-refractivity contribution in [3.05, 3.63) is 24.3 Å². The summed E-state index contributed by atoms with van der Waals surface area (Å²) in [4.78, 5) is 16.2. The van der Waals surface area contributed by atoms with Crippen molar-refractivity contribution in [2.24, 2.45) is 5.92 Å². The van der Waals surface area contributed by atoms with Crippen molar-refractivity contribution in [3.8, 4) is 5.75 Å². The van der Waals surface area contributed by atoms with Crippen LogP contribution in [0.2, 0.25) is 0 Å². The van der Waals surface area contributed by atoms with Gasteiger partial charge in [-0.25, -0.2) is 0 Å². The monoisotopic (exact) mass is 346 g/mol. The highest BCUT2D eigenvalue weighted by atomic mass is 16.5. The fourth-order valence-corrected chi connectivity index (χ4v) is 4.07. The SMILES string of the molecule is COc1ccc(N2CC[NH+](CC(=O)N[C@H]3CCCC[C@H]3C)CC2)cc1. The number of quaternary nitrogens is 1. The van der Waals surface area contributed by atoms with Crippen LogP contribution in [0.3, 0.4) is 0 Å². The highest BCUT2D eigenvalue weighted by Gasteiger charge is 2.26. The molecule has 2 atom stereocenters. The number of ether oxygens (including phenoxy) is 1. The number of hydrogen-bond acceptors (Lipinski definition) is 3. The second kappa shape index (κ2) is 8.56.